The SMILES string of the molecule is Cc1ccc(C)c(OCC(=O)Nc2nc(-c3cccc(Cl)c3)c(C)s2)c1. The Morgan fingerprint density at radius 2 is 2.00 bits per heavy atom. The maximum absolute atomic E-state index is 12.2. The fourth-order valence-corrected chi connectivity index (χ4v) is 3.56. The number of halogens is 1. The number of nitrogens with one attached hydrogen (secondary N) is 1. The number of rotatable bonds is 5. The highest BCUT2D eigenvalue weighted by Crippen LogP contribution is 2.31. The van der Waals surface area contributed by atoms with Crippen molar-refractivity contribution in [3.05, 3.63) is 63.5 Å². The van der Waals surface area contributed by atoms with Crippen LogP contribution in [0, 0.1) is 20.8 Å². The molecule has 2 aromatic carbocycles. The molecule has 0 saturated carbocycles. The van der Waals surface area contributed by atoms with Crippen LogP contribution in [0.25, 0.3) is 11.3 Å². The van der Waals surface area contributed by atoms with E-state index >= 15 is 0 Å². The van der Waals surface area contributed by atoms with Gasteiger partial charge in [-0.2, -0.15) is 0 Å². The molecule has 4 nitrogen and oxygen atoms in total. The molecule has 134 valence electrons. The Labute approximate surface area is 161 Å². The third-order valence-corrected chi connectivity index (χ3v) is 4.96. The molecule has 1 N–H and O–H groups in total. The van der Waals surface area contributed by atoms with Crippen molar-refractivity contribution in [2.75, 3.05) is 11.9 Å². The van der Waals surface area contributed by atoms with Gasteiger partial charge in [-0.3, -0.25) is 10.1 Å². The van der Waals surface area contributed by atoms with Crippen LogP contribution < -0.4 is 10.1 Å². The van der Waals surface area contributed by atoms with Crippen molar-refractivity contribution in [1.82, 2.24) is 4.98 Å². The summed E-state index contributed by atoms with van der Waals surface area (Å²) in [6.45, 7) is 5.85. The largest absolute Gasteiger partial charge is 0.483 e. The Morgan fingerprint density at radius 3 is 2.77 bits per heavy atom. The molecule has 1 aromatic heterocycles. The number of anilines is 1. The molecule has 0 unspecified atom stereocenters. The molecule has 0 fully saturated rings. The van der Waals surface area contributed by atoms with Crippen molar-refractivity contribution in [3.63, 3.8) is 0 Å². The standard InChI is InChI=1S/C20H19ClN2O2S/c1-12-7-8-13(2)17(9-12)25-11-18(24)22-20-23-19(14(3)26-20)15-5-4-6-16(21)10-15/h4-10H,11H2,1-3H3,(H,22,23,24). The summed E-state index contributed by atoms with van der Waals surface area (Å²) in [4.78, 5) is 17.7. The number of benzene rings is 2. The van der Waals surface area contributed by atoms with E-state index in [1.54, 1.807) is 0 Å². The summed E-state index contributed by atoms with van der Waals surface area (Å²) in [6.07, 6.45) is 0. The number of aromatic nitrogens is 1. The first-order valence-electron chi connectivity index (χ1n) is 8.15. The molecular weight excluding hydrogens is 368 g/mol. The zero-order valence-corrected chi connectivity index (χ0v) is 16.4. The Morgan fingerprint density at radius 1 is 1.19 bits per heavy atom. The summed E-state index contributed by atoms with van der Waals surface area (Å²) in [5.41, 5.74) is 3.84. The van der Waals surface area contributed by atoms with Crippen LogP contribution in [-0.4, -0.2) is 17.5 Å². The summed E-state index contributed by atoms with van der Waals surface area (Å²) >= 11 is 7.48. The number of amides is 1. The first kappa shape index (κ1) is 18.4. The molecule has 0 atom stereocenters. The predicted octanol–water partition coefficient (Wildman–Crippen LogP) is 5.41. The van der Waals surface area contributed by atoms with Crippen LogP contribution in [0.2, 0.25) is 5.02 Å². The number of carbonyl (C=O) groups is 1. The minimum atomic E-state index is -0.239. The monoisotopic (exact) mass is 386 g/mol. The van der Waals surface area contributed by atoms with E-state index in [-0.39, 0.29) is 12.5 Å². The lowest BCUT2D eigenvalue weighted by molar-refractivity contribution is -0.118. The van der Waals surface area contributed by atoms with E-state index < -0.39 is 0 Å². The number of thiazole rings is 1. The van der Waals surface area contributed by atoms with Gasteiger partial charge in [0.2, 0.25) is 0 Å². The van der Waals surface area contributed by atoms with Gasteiger partial charge in [0.1, 0.15) is 5.75 Å². The number of carbonyl (C=O) groups excluding carboxylic acids is 1. The lowest BCUT2D eigenvalue weighted by Crippen LogP contribution is -2.20. The van der Waals surface area contributed by atoms with Crippen LogP contribution in [0.3, 0.4) is 0 Å². The molecule has 0 spiro atoms. The van der Waals surface area contributed by atoms with Crippen molar-refractivity contribution in [3.8, 4) is 17.0 Å². The van der Waals surface area contributed by atoms with E-state index in [2.05, 4.69) is 10.3 Å². The number of nitrogens with zero attached hydrogens (tertiary/aromatic N) is 1. The second-order valence-corrected chi connectivity index (χ2v) is 7.68. The smallest absolute Gasteiger partial charge is 0.264 e. The van der Waals surface area contributed by atoms with Gasteiger partial charge >= 0.3 is 0 Å². The van der Waals surface area contributed by atoms with E-state index in [1.165, 1.54) is 11.3 Å². The molecule has 6 heteroatoms. The second kappa shape index (κ2) is 7.89. The zero-order chi connectivity index (χ0) is 18.7. The first-order valence-corrected chi connectivity index (χ1v) is 9.35. The number of ether oxygens (including phenoxy) is 1. The van der Waals surface area contributed by atoms with E-state index in [0.717, 1.165) is 33.0 Å². The molecule has 1 amide bonds. The summed E-state index contributed by atoms with van der Waals surface area (Å²) in [5, 5.41) is 4.01. The van der Waals surface area contributed by atoms with Crippen LogP contribution >= 0.6 is 22.9 Å². The molecule has 3 aromatic rings. The molecule has 0 radical (unpaired) electrons. The Hall–Kier alpha value is -2.37. The lowest BCUT2D eigenvalue weighted by atomic mass is 10.1. The average Bonchev–Trinajstić information content (AvgIpc) is 2.96. The number of hydrogen-bond acceptors (Lipinski definition) is 4. The van der Waals surface area contributed by atoms with Gasteiger partial charge in [-0.15, -0.1) is 11.3 Å². The van der Waals surface area contributed by atoms with Gasteiger partial charge in [-0.25, -0.2) is 4.98 Å². The predicted molar refractivity (Wildman–Crippen MR) is 107 cm³/mol. The molecular formula is C20H19ClN2O2S. The Kier molecular flexibility index (Phi) is 5.59. The number of hydrogen-bond donors (Lipinski definition) is 1. The summed E-state index contributed by atoms with van der Waals surface area (Å²) in [7, 11) is 0. The lowest BCUT2D eigenvalue weighted by Gasteiger charge is -2.09. The summed E-state index contributed by atoms with van der Waals surface area (Å²) in [6, 6.07) is 13.4. The Bertz CT molecular complexity index is 953. The summed E-state index contributed by atoms with van der Waals surface area (Å²) < 4.78 is 5.64. The molecule has 26 heavy (non-hydrogen) atoms. The molecule has 0 saturated heterocycles. The highest BCUT2D eigenvalue weighted by Gasteiger charge is 2.13. The van der Waals surface area contributed by atoms with Crippen molar-refractivity contribution in [2.24, 2.45) is 0 Å². The average molecular weight is 387 g/mol. The van der Waals surface area contributed by atoms with E-state index in [0.29, 0.717) is 10.2 Å². The van der Waals surface area contributed by atoms with Crippen LogP contribution in [0.4, 0.5) is 5.13 Å². The molecule has 3 rings (SSSR count). The molecule has 1 heterocycles. The van der Waals surface area contributed by atoms with Crippen LogP contribution in [0.15, 0.2) is 42.5 Å². The van der Waals surface area contributed by atoms with Crippen molar-refractivity contribution in [2.45, 2.75) is 20.8 Å². The van der Waals surface area contributed by atoms with E-state index in [9.17, 15) is 4.79 Å². The van der Waals surface area contributed by atoms with Crippen molar-refractivity contribution in [1.29, 1.82) is 0 Å². The minimum Gasteiger partial charge on any atom is -0.483 e. The number of aryl methyl sites for hydroxylation is 3. The van der Waals surface area contributed by atoms with E-state index in [1.807, 2.05) is 63.2 Å². The van der Waals surface area contributed by atoms with Crippen molar-refractivity contribution < 1.29 is 9.53 Å². The molecule has 0 aliphatic heterocycles. The van der Waals surface area contributed by atoms with Gasteiger partial charge in [0.15, 0.2) is 11.7 Å². The van der Waals surface area contributed by atoms with E-state index in [4.69, 9.17) is 16.3 Å². The Balaban J connectivity index is 1.66. The maximum atomic E-state index is 12.2. The van der Waals surface area contributed by atoms with Gasteiger partial charge in [0.25, 0.3) is 5.91 Å². The van der Waals surface area contributed by atoms with Gasteiger partial charge < -0.3 is 4.74 Å². The maximum Gasteiger partial charge on any atom is 0.264 e. The normalized spacial score (nSPS) is 10.6. The third-order valence-electron chi connectivity index (χ3n) is 3.84. The van der Waals surface area contributed by atoms with Crippen LogP contribution in [-0.2, 0) is 4.79 Å². The summed E-state index contributed by atoms with van der Waals surface area (Å²) in [5.74, 6) is 0.479. The highest BCUT2D eigenvalue weighted by atomic mass is 35.5. The molecule has 0 bridgehead atoms. The van der Waals surface area contributed by atoms with Crippen LogP contribution in [0.1, 0.15) is 16.0 Å². The topological polar surface area (TPSA) is 51.2 Å². The van der Waals surface area contributed by atoms with Gasteiger partial charge in [0, 0.05) is 15.5 Å². The highest BCUT2D eigenvalue weighted by molar-refractivity contribution is 7.16. The first-order chi connectivity index (χ1) is 12.4. The van der Waals surface area contributed by atoms with Gasteiger partial charge in [-0.1, -0.05) is 35.9 Å². The third kappa shape index (κ3) is 4.42. The fourth-order valence-electron chi connectivity index (χ4n) is 2.51. The van der Waals surface area contributed by atoms with Crippen LogP contribution in [0.5, 0.6) is 5.75 Å². The quantitative estimate of drug-likeness (QED) is 0.638. The minimum absolute atomic E-state index is 0.0601. The van der Waals surface area contributed by atoms with Crippen molar-refractivity contribution >= 4 is 34.0 Å². The second-order valence-electron chi connectivity index (χ2n) is 6.04. The van der Waals surface area contributed by atoms with Gasteiger partial charge in [-0.05, 0) is 50.1 Å². The zero-order valence-electron chi connectivity index (χ0n) is 14.8. The molecule has 0 aliphatic carbocycles. The fraction of sp³-hybridized carbons (Fsp3) is 0.200. The molecule has 0 aliphatic rings. The van der Waals surface area contributed by atoms with Gasteiger partial charge in [0.05, 0.1) is 5.69 Å².